The van der Waals surface area contributed by atoms with E-state index in [1.165, 1.54) is 0 Å². The highest BCUT2D eigenvalue weighted by atomic mass is 16.5. The van der Waals surface area contributed by atoms with Gasteiger partial charge in [-0.25, -0.2) is 5.01 Å². The van der Waals surface area contributed by atoms with Crippen LogP contribution in [0.3, 0.4) is 0 Å². The summed E-state index contributed by atoms with van der Waals surface area (Å²) in [5.74, 6) is 0.492. The van der Waals surface area contributed by atoms with Crippen LogP contribution in [0.25, 0.3) is 0 Å². The summed E-state index contributed by atoms with van der Waals surface area (Å²) in [6.07, 6.45) is 7.94. The molecule has 1 aliphatic carbocycles. The summed E-state index contributed by atoms with van der Waals surface area (Å²) in [4.78, 5) is 23.6. The van der Waals surface area contributed by atoms with E-state index in [2.05, 4.69) is 12.2 Å². The zero-order valence-electron chi connectivity index (χ0n) is 17.0. The average molecular weight is 400 g/mol. The van der Waals surface area contributed by atoms with Crippen LogP contribution in [0.2, 0.25) is 0 Å². The predicted molar refractivity (Wildman–Crippen MR) is 109 cm³/mol. The number of rotatable bonds is 9. The number of hydrogen-bond donors (Lipinski definition) is 1. The number of hydrogen-bond acceptors (Lipinski definition) is 5. The smallest absolute Gasteiger partial charge is 0.303 e. The van der Waals surface area contributed by atoms with Gasteiger partial charge in [0.2, 0.25) is 5.91 Å². The van der Waals surface area contributed by atoms with Crippen molar-refractivity contribution < 1.29 is 24.2 Å². The molecule has 1 N–H and O–H groups in total. The molecule has 1 aliphatic heterocycles. The predicted octanol–water partition coefficient (Wildman–Crippen LogP) is 3.48. The van der Waals surface area contributed by atoms with Gasteiger partial charge in [0.15, 0.2) is 11.5 Å². The maximum atomic E-state index is 13.0. The molecule has 1 aromatic carbocycles. The van der Waals surface area contributed by atoms with E-state index in [1.807, 2.05) is 18.2 Å². The molecule has 7 nitrogen and oxygen atoms in total. The summed E-state index contributed by atoms with van der Waals surface area (Å²) in [5, 5.41) is 15.1. The Hall–Kier alpha value is -2.83. The Bertz CT molecular complexity index is 817. The van der Waals surface area contributed by atoms with Crippen molar-refractivity contribution in [1.29, 1.82) is 0 Å². The minimum Gasteiger partial charge on any atom is -0.493 e. The number of hydrazone groups is 1. The van der Waals surface area contributed by atoms with Crippen molar-refractivity contribution in [2.75, 3.05) is 20.8 Å². The second kappa shape index (κ2) is 9.58. The van der Waals surface area contributed by atoms with Crippen LogP contribution in [0.1, 0.15) is 44.1 Å². The second-order valence-corrected chi connectivity index (χ2v) is 7.38. The van der Waals surface area contributed by atoms with Crippen LogP contribution < -0.4 is 9.47 Å². The summed E-state index contributed by atoms with van der Waals surface area (Å²) in [7, 11) is 3.20. The maximum Gasteiger partial charge on any atom is 0.303 e. The largest absolute Gasteiger partial charge is 0.493 e. The molecule has 0 fully saturated rings. The number of benzene rings is 1. The molecule has 0 bridgehead atoms. The average Bonchev–Trinajstić information content (AvgIpc) is 2.74. The number of carboxylic acid groups (broad SMARTS) is 1. The fourth-order valence-electron chi connectivity index (χ4n) is 3.98. The molecule has 1 heterocycles. The van der Waals surface area contributed by atoms with E-state index in [0.717, 1.165) is 30.5 Å². The number of carbonyl (C=O) groups excluding carboxylic acids is 1. The molecule has 0 unspecified atom stereocenters. The minimum atomic E-state index is -0.787. The SMILES string of the molecule is COc1ccc(C2=NN(CCCCCC(=O)O)C(=O)[C@@H]3CC=CC[C@H]23)cc1OC. The van der Waals surface area contributed by atoms with Crippen LogP contribution in [-0.2, 0) is 9.59 Å². The number of amides is 1. The van der Waals surface area contributed by atoms with Gasteiger partial charge in [0.1, 0.15) is 0 Å². The molecule has 0 aromatic heterocycles. The fourth-order valence-corrected chi connectivity index (χ4v) is 3.98. The van der Waals surface area contributed by atoms with Crippen molar-refractivity contribution in [3.8, 4) is 11.5 Å². The Morgan fingerprint density at radius 2 is 1.83 bits per heavy atom. The summed E-state index contributed by atoms with van der Waals surface area (Å²) in [6, 6.07) is 5.72. The summed E-state index contributed by atoms with van der Waals surface area (Å²) >= 11 is 0. The van der Waals surface area contributed by atoms with Gasteiger partial charge in [0.05, 0.1) is 25.8 Å². The van der Waals surface area contributed by atoms with Crippen LogP contribution >= 0.6 is 0 Å². The van der Waals surface area contributed by atoms with Gasteiger partial charge in [-0.05, 0) is 43.9 Å². The highest BCUT2D eigenvalue weighted by Gasteiger charge is 2.39. The monoisotopic (exact) mass is 400 g/mol. The molecule has 0 saturated carbocycles. The van der Waals surface area contributed by atoms with Crippen LogP contribution in [0.15, 0.2) is 35.5 Å². The number of carbonyl (C=O) groups is 2. The molecule has 0 spiro atoms. The number of aliphatic carboxylic acids is 1. The van der Waals surface area contributed by atoms with E-state index in [9.17, 15) is 9.59 Å². The molecule has 7 heteroatoms. The molecule has 0 radical (unpaired) electrons. The molecule has 2 atom stereocenters. The molecule has 156 valence electrons. The van der Waals surface area contributed by atoms with E-state index < -0.39 is 5.97 Å². The van der Waals surface area contributed by atoms with Gasteiger partial charge in [-0.3, -0.25) is 9.59 Å². The molecule has 1 aromatic rings. The Balaban J connectivity index is 1.83. The van der Waals surface area contributed by atoms with Gasteiger partial charge in [-0.15, -0.1) is 0 Å². The van der Waals surface area contributed by atoms with Gasteiger partial charge in [-0.2, -0.15) is 5.10 Å². The first-order valence-corrected chi connectivity index (χ1v) is 10.0. The molecular weight excluding hydrogens is 372 g/mol. The number of nitrogens with zero attached hydrogens (tertiary/aromatic N) is 2. The lowest BCUT2D eigenvalue weighted by atomic mass is 9.76. The fraction of sp³-hybridized carbons (Fsp3) is 0.500. The minimum absolute atomic E-state index is 0.0499. The lowest BCUT2D eigenvalue weighted by Crippen LogP contribution is -2.45. The molecule has 3 rings (SSSR count). The first kappa shape index (κ1) is 20.9. The van der Waals surface area contributed by atoms with Crippen molar-refractivity contribution >= 4 is 17.6 Å². The van der Waals surface area contributed by atoms with Gasteiger partial charge < -0.3 is 14.6 Å². The first-order valence-electron chi connectivity index (χ1n) is 10.0. The van der Waals surface area contributed by atoms with Crippen LogP contribution in [0.5, 0.6) is 11.5 Å². The van der Waals surface area contributed by atoms with E-state index in [4.69, 9.17) is 19.7 Å². The van der Waals surface area contributed by atoms with Crippen LogP contribution in [0.4, 0.5) is 0 Å². The van der Waals surface area contributed by atoms with Crippen LogP contribution in [0, 0.1) is 11.8 Å². The zero-order chi connectivity index (χ0) is 20.8. The molecule has 2 aliphatic rings. The summed E-state index contributed by atoms with van der Waals surface area (Å²) in [6.45, 7) is 0.502. The van der Waals surface area contributed by atoms with E-state index in [1.54, 1.807) is 19.2 Å². The van der Waals surface area contributed by atoms with Crippen molar-refractivity contribution in [3.05, 3.63) is 35.9 Å². The topological polar surface area (TPSA) is 88.4 Å². The van der Waals surface area contributed by atoms with Crippen molar-refractivity contribution in [3.63, 3.8) is 0 Å². The Morgan fingerprint density at radius 1 is 1.10 bits per heavy atom. The lowest BCUT2D eigenvalue weighted by Gasteiger charge is -2.37. The Labute approximate surface area is 171 Å². The second-order valence-electron chi connectivity index (χ2n) is 7.38. The van der Waals surface area contributed by atoms with Crippen molar-refractivity contribution in [2.45, 2.75) is 38.5 Å². The molecule has 29 heavy (non-hydrogen) atoms. The quantitative estimate of drug-likeness (QED) is 0.506. The van der Waals surface area contributed by atoms with Gasteiger partial charge in [0, 0.05) is 24.4 Å². The van der Waals surface area contributed by atoms with Crippen LogP contribution in [-0.4, -0.2) is 48.5 Å². The van der Waals surface area contributed by atoms with Gasteiger partial charge >= 0.3 is 5.97 Å². The van der Waals surface area contributed by atoms with E-state index in [0.29, 0.717) is 30.9 Å². The van der Waals surface area contributed by atoms with E-state index >= 15 is 0 Å². The molecular formula is C22H28N2O5. The zero-order valence-corrected chi connectivity index (χ0v) is 17.0. The number of ether oxygens (including phenoxy) is 2. The third-order valence-electron chi connectivity index (χ3n) is 5.52. The lowest BCUT2D eigenvalue weighted by molar-refractivity contribution is -0.138. The van der Waals surface area contributed by atoms with Crippen molar-refractivity contribution in [1.82, 2.24) is 5.01 Å². The number of methoxy groups -OCH3 is 2. The summed E-state index contributed by atoms with van der Waals surface area (Å²) < 4.78 is 10.8. The van der Waals surface area contributed by atoms with Gasteiger partial charge in [-0.1, -0.05) is 18.6 Å². The molecule has 1 amide bonds. The third kappa shape index (κ3) is 4.78. The third-order valence-corrected chi connectivity index (χ3v) is 5.52. The standard InChI is InChI=1S/C22H28N2O5/c1-28-18-12-11-15(14-19(18)29-2)21-16-8-5-6-9-17(16)22(27)24(23-21)13-7-3-4-10-20(25)26/h5-6,11-12,14,16-17H,3-4,7-10,13H2,1-2H3,(H,25,26)/t16-,17+/m0/s1. The highest BCUT2D eigenvalue weighted by molar-refractivity contribution is 6.07. The maximum absolute atomic E-state index is 13.0. The number of unbranched alkanes of at least 4 members (excludes halogenated alkanes) is 2. The van der Waals surface area contributed by atoms with E-state index in [-0.39, 0.29) is 24.2 Å². The number of carboxylic acids is 1. The number of fused-ring (bicyclic) bond motifs is 1. The summed E-state index contributed by atoms with van der Waals surface area (Å²) in [5.41, 5.74) is 1.82. The Morgan fingerprint density at radius 3 is 2.52 bits per heavy atom. The van der Waals surface area contributed by atoms with Gasteiger partial charge in [0.25, 0.3) is 0 Å². The normalized spacial score (nSPS) is 20.8. The first-order chi connectivity index (χ1) is 14.0. The number of allylic oxidation sites excluding steroid dienone is 2. The molecule has 0 saturated heterocycles. The highest BCUT2D eigenvalue weighted by Crippen LogP contribution is 2.37. The van der Waals surface area contributed by atoms with Crippen molar-refractivity contribution in [2.24, 2.45) is 16.9 Å². The Kier molecular flexibility index (Phi) is 6.90.